The standard InChI is InChI=1S/C7H14N2O2.2C7H8O3S/c1-11-7(10)2-5-3-9-4-6(5)8;2*1-6-2-4-7(5-3-6)11(8,9)10/h5-6,9H,2-4,8H2,1H3;2*2-5H,1H3,(H,8,9,10). The van der Waals surface area contributed by atoms with E-state index in [9.17, 15) is 21.6 Å². The topological polar surface area (TPSA) is 173 Å². The molecule has 1 heterocycles. The Morgan fingerprint density at radius 2 is 1.30 bits per heavy atom. The summed E-state index contributed by atoms with van der Waals surface area (Å²) in [5.74, 6) is 0.0802. The quantitative estimate of drug-likeness (QED) is 0.355. The summed E-state index contributed by atoms with van der Waals surface area (Å²) in [4.78, 5) is 10.7. The average molecular weight is 503 g/mol. The predicted octanol–water partition coefficient (Wildman–Crippen LogP) is 1.58. The van der Waals surface area contributed by atoms with Gasteiger partial charge in [-0.25, -0.2) is 0 Å². The van der Waals surface area contributed by atoms with Crippen LogP contribution in [0.1, 0.15) is 17.5 Å². The van der Waals surface area contributed by atoms with Gasteiger partial charge < -0.3 is 15.8 Å². The molecule has 33 heavy (non-hydrogen) atoms. The molecule has 10 nitrogen and oxygen atoms in total. The van der Waals surface area contributed by atoms with E-state index in [1.54, 1.807) is 24.3 Å². The van der Waals surface area contributed by atoms with Crippen molar-refractivity contribution in [3.8, 4) is 0 Å². The van der Waals surface area contributed by atoms with Gasteiger partial charge in [0.15, 0.2) is 0 Å². The lowest BCUT2D eigenvalue weighted by atomic mass is 10.0. The molecule has 0 aromatic heterocycles. The highest BCUT2D eigenvalue weighted by Crippen LogP contribution is 2.12. The van der Waals surface area contributed by atoms with Gasteiger partial charge in [0.05, 0.1) is 23.3 Å². The molecule has 5 N–H and O–H groups in total. The Morgan fingerprint density at radius 1 is 0.909 bits per heavy atom. The van der Waals surface area contributed by atoms with Gasteiger partial charge in [-0.1, -0.05) is 35.4 Å². The summed E-state index contributed by atoms with van der Waals surface area (Å²) in [5, 5.41) is 3.12. The predicted molar refractivity (Wildman–Crippen MR) is 123 cm³/mol. The lowest BCUT2D eigenvalue weighted by Gasteiger charge is -2.11. The van der Waals surface area contributed by atoms with Crippen molar-refractivity contribution in [2.75, 3.05) is 20.2 Å². The molecule has 12 heteroatoms. The lowest BCUT2D eigenvalue weighted by molar-refractivity contribution is -0.141. The number of rotatable bonds is 4. The van der Waals surface area contributed by atoms with Crippen molar-refractivity contribution in [1.82, 2.24) is 5.32 Å². The fourth-order valence-corrected chi connectivity index (χ4v) is 3.65. The first-order valence-electron chi connectivity index (χ1n) is 9.85. The van der Waals surface area contributed by atoms with Gasteiger partial charge in [-0.3, -0.25) is 13.9 Å². The maximum Gasteiger partial charge on any atom is 0.305 e. The number of nitrogens with two attached hydrogens (primary N) is 1. The molecule has 2 aromatic carbocycles. The van der Waals surface area contributed by atoms with E-state index >= 15 is 0 Å². The normalized spacial score (nSPS) is 17.8. The van der Waals surface area contributed by atoms with Gasteiger partial charge in [-0.15, -0.1) is 0 Å². The van der Waals surface area contributed by atoms with Crippen LogP contribution in [0.2, 0.25) is 0 Å². The Kier molecular flexibility index (Phi) is 11.1. The summed E-state index contributed by atoms with van der Waals surface area (Å²) in [5.41, 5.74) is 7.62. The fraction of sp³-hybridized carbons (Fsp3) is 0.381. The first-order chi connectivity index (χ1) is 15.2. The van der Waals surface area contributed by atoms with Crippen LogP contribution in [-0.2, 0) is 29.8 Å². The third-order valence-corrected chi connectivity index (χ3v) is 6.42. The number of hydrogen-bond donors (Lipinski definition) is 4. The highest BCUT2D eigenvalue weighted by molar-refractivity contribution is 7.86. The first kappa shape index (κ1) is 28.7. The van der Waals surface area contributed by atoms with E-state index in [1.165, 1.54) is 31.4 Å². The highest BCUT2D eigenvalue weighted by atomic mass is 32.2. The molecular formula is C21H30N2O8S2. The molecule has 3 rings (SSSR count). The Morgan fingerprint density at radius 3 is 1.58 bits per heavy atom. The molecule has 2 unspecified atom stereocenters. The lowest BCUT2D eigenvalue weighted by Crippen LogP contribution is -2.30. The summed E-state index contributed by atoms with van der Waals surface area (Å²) in [6, 6.07) is 12.1. The number of carbonyl (C=O) groups is 1. The number of ether oxygens (including phenoxy) is 1. The van der Waals surface area contributed by atoms with Gasteiger partial charge in [0.25, 0.3) is 20.2 Å². The summed E-state index contributed by atoms with van der Waals surface area (Å²) < 4.78 is 63.6. The van der Waals surface area contributed by atoms with Gasteiger partial charge in [0, 0.05) is 19.1 Å². The maximum atomic E-state index is 10.8. The molecule has 0 saturated carbocycles. The number of carbonyl (C=O) groups excluding carboxylic acids is 1. The minimum atomic E-state index is -4.02. The number of nitrogens with one attached hydrogen (secondary N) is 1. The van der Waals surface area contributed by atoms with E-state index < -0.39 is 20.2 Å². The Bertz CT molecular complexity index is 1030. The molecule has 1 aliphatic heterocycles. The van der Waals surface area contributed by atoms with Gasteiger partial charge in [0.2, 0.25) is 0 Å². The van der Waals surface area contributed by atoms with Crippen molar-refractivity contribution in [3.63, 3.8) is 0 Å². The van der Waals surface area contributed by atoms with Crippen LogP contribution in [-0.4, -0.2) is 58.2 Å². The minimum Gasteiger partial charge on any atom is -0.469 e. The summed E-state index contributed by atoms with van der Waals surface area (Å²) in [6.45, 7) is 5.32. The van der Waals surface area contributed by atoms with Gasteiger partial charge in [0.1, 0.15) is 0 Å². The molecule has 2 aromatic rings. The highest BCUT2D eigenvalue weighted by Gasteiger charge is 2.25. The molecule has 2 atom stereocenters. The van der Waals surface area contributed by atoms with E-state index in [4.69, 9.17) is 14.8 Å². The van der Waals surface area contributed by atoms with Crippen LogP contribution >= 0.6 is 0 Å². The molecule has 1 saturated heterocycles. The van der Waals surface area contributed by atoms with Gasteiger partial charge >= 0.3 is 5.97 Å². The Hall–Kier alpha value is -2.35. The number of methoxy groups -OCH3 is 1. The molecule has 0 bridgehead atoms. The van der Waals surface area contributed by atoms with Crippen molar-refractivity contribution in [2.24, 2.45) is 11.7 Å². The zero-order valence-corrected chi connectivity index (χ0v) is 20.3. The van der Waals surface area contributed by atoms with E-state index in [0.29, 0.717) is 6.42 Å². The third-order valence-electron chi connectivity index (χ3n) is 4.69. The van der Waals surface area contributed by atoms with Crippen molar-refractivity contribution < 1.29 is 35.5 Å². The molecule has 0 spiro atoms. The zero-order valence-electron chi connectivity index (χ0n) is 18.6. The molecule has 1 fully saturated rings. The molecule has 1 aliphatic rings. The van der Waals surface area contributed by atoms with E-state index in [1.807, 2.05) is 13.8 Å². The van der Waals surface area contributed by atoms with Crippen LogP contribution in [0.25, 0.3) is 0 Å². The Balaban J connectivity index is 0.000000247. The summed E-state index contributed by atoms with van der Waals surface area (Å²) in [6.07, 6.45) is 0.435. The van der Waals surface area contributed by atoms with Gasteiger partial charge in [-0.05, 0) is 44.0 Å². The van der Waals surface area contributed by atoms with E-state index in [2.05, 4.69) is 10.1 Å². The smallest absolute Gasteiger partial charge is 0.305 e. The largest absolute Gasteiger partial charge is 0.469 e. The van der Waals surface area contributed by atoms with Crippen LogP contribution in [0.4, 0.5) is 0 Å². The third kappa shape index (κ3) is 10.9. The number of aryl methyl sites for hydroxylation is 2. The van der Waals surface area contributed by atoms with Crippen LogP contribution in [0, 0.1) is 19.8 Å². The molecule has 0 aliphatic carbocycles. The van der Waals surface area contributed by atoms with Crippen LogP contribution in [0.3, 0.4) is 0 Å². The second-order valence-corrected chi connectivity index (χ2v) is 10.3. The molecule has 0 amide bonds. The minimum absolute atomic E-state index is 0.0666. The Labute approximate surface area is 194 Å². The fourth-order valence-electron chi connectivity index (χ4n) is 2.69. The average Bonchev–Trinajstić information content (AvgIpc) is 3.12. The SMILES string of the molecule is COC(=O)CC1CNCC1N.Cc1ccc(S(=O)(=O)O)cc1.Cc1ccc(S(=O)(=O)O)cc1. The number of benzene rings is 2. The zero-order chi connectivity index (χ0) is 25.2. The van der Waals surface area contributed by atoms with E-state index in [-0.39, 0.29) is 27.7 Å². The monoisotopic (exact) mass is 502 g/mol. The van der Waals surface area contributed by atoms with Crippen LogP contribution < -0.4 is 11.1 Å². The van der Waals surface area contributed by atoms with Gasteiger partial charge in [-0.2, -0.15) is 16.8 Å². The van der Waals surface area contributed by atoms with E-state index in [0.717, 1.165) is 24.2 Å². The number of hydrogen-bond acceptors (Lipinski definition) is 8. The molecule has 184 valence electrons. The maximum absolute atomic E-state index is 10.8. The summed E-state index contributed by atoms with van der Waals surface area (Å²) in [7, 11) is -6.64. The van der Waals surface area contributed by atoms with Crippen LogP contribution in [0.15, 0.2) is 58.3 Å². The second kappa shape index (κ2) is 12.8. The van der Waals surface area contributed by atoms with Crippen molar-refractivity contribution >= 4 is 26.2 Å². The van der Waals surface area contributed by atoms with Crippen LogP contribution in [0.5, 0.6) is 0 Å². The van der Waals surface area contributed by atoms with Crippen molar-refractivity contribution in [1.29, 1.82) is 0 Å². The van der Waals surface area contributed by atoms with Crippen molar-refractivity contribution in [3.05, 3.63) is 59.7 Å². The summed E-state index contributed by atoms with van der Waals surface area (Å²) >= 11 is 0. The first-order valence-corrected chi connectivity index (χ1v) is 12.7. The second-order valence-electron chi connectivity index (χ2n) is 7.44. The van der Waals surface area contributed by atoms with Crippen molar-refractivity contribution in [2.45, 2.75) is 36.1 Å². The molecule has 0 radical (unpaired) electrons. The number of esters is 1. The molecular weight excluding hydrogens is 472 g/mol.